The van der Waals surface area contributed by atoms with Gasteiger partial charge in [0.05, 0.1) is 0 Å². The summed E-state index contributed by atoms with van der Waals surface area (Å²) < 4.78 is 0. The number of nitrogens with one attached hydrogen (secondary N) is 2. The van der Waals surface area contributed by atoms with Gasteiger partial charge in [0.25, 0.3) is 0 Å². The summed E-state index contributed by atoms with van der Waals surface area (Å²) in [5.41, 5.74) is 4.68. The first-order valence-corrected chi connectivity index (χ1v) is 6.94. The molecule has 0 radical (unpaired) electrons. The maximum Gasteiger partial charge on any atom is 0.0261 e. The fourth-order valence-corrected chi connectivity index (χ4v) is 3.28. The Morgan fingerprint density at radius 1 is 1.29 bits per heavy atom. The molecular formula is C15H22N2. The van der Waals surface area contributed by atoms with Gasteiger partial charge in [0, 0.05) is 31.6 Å². The van der Waals surface area contributed by atoms with E-state index in [1.165, 1.54) is 18.4 Å². The van der Waals surface area contributed by atoms with E-state index in [4.69, 9.17) is 0 Å². The lowest BCUT2D eigenvalue weighted by Gasteiger charge is -2.30. The average Bonchev–Trinajstić information content (AvgIpc) is 2.82. The minimum Gasteiger partial charge on any atom is -0.314 e. The van der Waals surface area contributed by atoms with Crippen LogP contribution in [0.25, 0.3) is 0 Å². The van der Waals surface area contributed by atoms with Crippen LogP contribution in [-0.2, 0) is 12.8 Å². The molecule has 0 saturated carbocycles. The van der Waals surface area contributed by atoms with Crippen LogP contribution in [0.5, 0.6) is 0 Å². The maximum absolute atomic E-state index is 3.68. The van der Waals surface area contributed by atoms with Gasteiger partial charge in [0.1, 0.15) is 0 Å². The van der Waals surface area contributed by atoms with Crippen LogP contribution in [0.1, 0.15) is 36.0 Å². The third-order valence-corrected chi connectivity index (χ3v) is 4.30. The van der Waals surface area contributed by atoms with E-state index in [9.17, 15) is 0 Å². The number of fused-ring (bicyclic) bond motifs is 1. The highest BCUT2D eigenvalue weighted by Gasteiger charge is 2.30. The molecule has 2 heteroatoms. The van der Waals surface area contributed by atoms with Crippen molar-refractivity contribution in [3.8, 4) is 0 Å². The van der Waals surface area contributed by atoms with Crippen molar-refractivity contribution in [2.45, 2.75) is 38.1 Å². The quantitative estimate of drug-likeness (QED) is 0.810. The molecule has 2 nitrogen and oxygen atoms in total. The Morgan fingerprint density at radius 3 is 3.00 bits per heavy atom. The van der Waals surface area contributed by atoms with Gasteiger partial charge in [0.2, 0.25) is 0 Å². The first-order chi connectivity index (χ1) is 8.38. The monoisotopic (exact) mass is 230 g/mol. The van der Waals surface area contributed by atoms with E-state index in [0.29, 0.717) is 6.04 Å². The molecule has 1 aliphatic carbocycles. The van der Waals surface area contributed by atoms with Gasteiger partial charge in [-0.15, -0.1) is 0 Å². The fraction of sp³-hybridized carbons (Fsp3) is 0.600. The smallest absolute Gasteiger partial charge is 0.0261 e. The van der Waals surface area contributed by atoms with Gasteiger partial charge >= 0.3 is 0 Å². The molecule has 92 valence electrons. The predicted octanol–water partition coefficient (Wildman–Crippen LogP) is 1.84. The average molecular weight is 230 g/mol. The second-order valence-corrected chi connectivity index (χ2v) is 5.30. The van der Waals surface area contributed by atoms with Crippen LogP contribution < -0.4 is 10.6 Å². The summed E-state index contributed by atoms with van der Waals surface area (Å²) in [6.45, 7) is 5.60. The van der Waals surface area contributed by atoms with Crippen molar-refractivity contribution in [3.63, 3.8) is 0 Å². The lowest BCUT2D eigenvalue weighted by Crippen LogP contribution is -2.50. The number of benzene rings is 1. The molecule has 0 spiro atoms. The molecule has 2 N–H and O–H groups in total. The Labute approximate surface area is 104 Å². The van der Waals surface area contributed by atoms with Crippen LogP contribution in [0.4, 0.5) is 0 Å². The molecule has 2 aliphatic rings. The van der Waals surface area contributed by atoms with Crippen LogP contribution in [-0.4, -0.2) is 25.7 Å². The zero-order valence-corrected chi connectivity index (χ0v) is 10.6. The molecule has 0 bridgehead atoms. The van der Waals surface area contributed by atoms with E-state index >= 15 is 0 Å². The van der Waals surface area contributed by atoms with E-state index < -0.39 is 0 Å². The third kappa shape index (κ3) is 2.12. The molecule has 1 fully saturated rings. The maximum atomic E-state index is 3.68. The molecule has 2 unspecified atom stereocenters. The van der Waals surface area contributed by atoms with E-state index in [1.807, 2.05) is 0 Å². The Morgan fingerprint density at radius 2 is 2.24 bits per heavy atom. The van der Waals surface area contributed by atoms with Crippen molar-refractivity contribution < 1.29 is 0 Å². The number of rotatable bonds is 2. The largest absolute Gasteiger partial charge is 0.314 e. The summed E-state index contributed by atoms with van der Waals surface area (Å²) in [5.74, 6) is 0.726. The van der Waals surface area contributed by atoms with Crippen LogP contribution >= 0.6 is 0 Å². The first-order valence-electron chi connectivity index (χ1n) is 6.94. The Bertz CT molecular complexity index is 394. The van der Waals surface area contributed by atoms with E-state index in [-0.39, 0.29) is 0 Å². The second kappa shape index (κ2) is 4.79. The Kier molecular flexibility index (Phi) is 3.17. The number of aryl methyl sites for hydroxylation is 2. The van der Waals surface area contributed by atoms with Gasteiger partial charge in [-0.05, 0) is 36.0 Å². The molecule has 2 atom stereocenters. The highest BCUT2D eigenvalue weighted by atomic mass is 15.1. The lowest BCUT2D eigenvalue weighted by atomic mass is 9.91. The van der Waals surface area contributed by atoms with Crippen LogP contribution in [0, 0.1) is 0 Å². The molecule has 3 rings (SSSR count). The van der Waals surface area contributed by atoms with Crippen molar-refractivity contribution in [2.24, 2.45) is 0 Å². The summed E-state index contributed by atoms with van der Waals surface area (Å²) in [5, 5.41) is 7.19. The highest BCUT2D eigenvalue weighted by molar-refractivity contribution is 5.39. The number of piperazine rings is 1. The molecule has 1 aromatic rings. The van der Waals surface area contributed by atoms with Gasteiger partial charge in [-0.2, -0.15) is 0 Å². The summed E-state index contributed by atoms with van der Waals surface area (Å²) in [7, 11) is 0. The Balaban J connectivity index is 1.85. The van der Waals surface area contributed by atoms with Crippen molar-refractivity contribution in [2.75, 3.05) is 19.6 Å². The van der Waals surface area contributed by atoms with Gasteiger partial charge < -0.3 is 10.6 Å². The van der Waals surface area contributed by atoms with Crippen molar-refractivity contribution in [3.05, 3.63) is 34.9 Å². The number of hydrogen-bond acceptors (Lipinski definition) is 2. The van der Waals surface area contributed by atoms with E-state index in [1.54, 1.807) is 11.1 Å². The topological polar surface area (TPSA) is 24.1 Å². The summed E-state index contributed by atoms with van der Waals surface area (Å²) in [4.78, 5) is 0. The van der Waals surface area contributed by atoms with Crippen molar-refractivity contribution >= 4 is 0 Å². The molecule has 0 amide bonds. The predicted molar refractivity (Wildman–Crippen MR) is 71.5 cm³/mol. The summed E-state index contributed by atoms with van der Waals surface area (Å²) in [6.07, 6.45) is 3.74. The highest BCUT2D eigenvalue weighted by Crippen LogP contribution is 2.36. The molecule has 1 aromatic carbocycles. The zero-order chi connectivity index (χ0) is 11.7. The van der Waals surface area contributed by atoms with Gasteiger partial charge in [-0.1, -0.05) is 25.1 Å². The van der Waals surface area contributed by atoms with Gasteiger partial charge in [-0.3, -0.25) is 0 Å². The SMILES string of the molecule is CCc1ccc2c(c1)C(C1CNCCN1)CC2. The van der Waals surface area contributed by atoms with Gasteiger partial charge in [-0.25, -0.2) is 0 Å². The summed E-state index contributed by atoms with van der Waals surface area (Å²) in [6, 6.07) is 7.73. The van der Waals surface area contributed by atoms with Crippen LogP contribution in [0.15, 0.2) is 18.2 Å². The molecule has 1 aliphatic heterocycles. The Hall–Kier alpha value is -0.860. The molecule has 0 aromatic heterocycles. The van der Waals surface area contributed by atoms with Gasteiger partial charge in [0.15, 0.2) is 0 Å². The van der Waals surface area contributed by atoms with Crippen LogP contribution in [0.3, 0.4) is 0 Å². The normalized spacial score (nSPS) is 28.1. The number of hydrogen-bond donors (Lipinski definition) is 2. The third-order valence-electron chi connectivity index (χ3n) is 4.30. The van der Waals surface area contributed by atoms with Crippen molar-refractivity contribution in [1.82, 2.24) is 10.6 Å². The van der Waals surface area contributed by atoms with E-state index in [0.717, 1.165) is 32.0 Å². The molecule has 17 heavy (non-hydrogen) atoms. The molecule has 1 heterocycles. The lowest BCUT2D eigenvalue weighted by molar-refractivity contribution is 0.364. The first kappa shape index (κ1) is 11.2. The fourth-order valence-electron chi connectivity index (χ4n) is 3.28. The minimum absolute atomic E-state index is 0.636. The molecule has 1 saturated heterocycles. The molecular weight excluding hydrogens is 208 g/mol. The zero-order valence-electron chi connectivity index (χ0n) is 10.6. The minimum atomic E-state index is 0.636. The van der Waals surface area contributed by atoms with Crippen LogP contribution in [0.2, 0.25) is 0 Å². The van der Waals surface area contributed by atoms with Crippen molar-refractivity contribution in [1.29, 1.82) is 0 Å². The second-order valence-electron chi connectivity index (χ2n) is 5.30. The summed E-state index contributed by atoms with van der Waals surface area (Å²) >= 11 is 0. The standard InChI is InChI=1S/C15H22N2/c1-2-11-3-4-12-5-6-13(14(12)9-11)15-10-16-7-8-17-15/h3-4,9,13,15-17H,2,5-8,10H2,1H3. The van der Waals surface area contributed by atoms with E-state index in [2.05, 4.69) is 35.8 Å².